The molecule has 2 rings (SSSR count). The monoisotopic (exact) mass is 303 g/mol. The fraction of sp³-hybridized carbons (Fsp3) is 0.471. The van der Waals surface area contributed by atoms with Crippen molar-refractivity contribution in [1.82, 2.24) is 10.3 Å². The van der Waals surface area contributed by atoms with E-state index >= 15 is 0 Å². The average Bonchev–Trinajstić information content (AvgIpc) is 2.93. The average molecular weight is 303 g/mol. The molecule has 1 unspecified atom stereocenters. The SMILES string of the molecule is CCC(C)N(CC)c1nc(-c2ccccc2)c(CNC)s1. The second-order valence-electron chi connectivity index (χ2n) is 5.21. The molecule has 0 spiro atoms. The molecule has 114 valence electrons. The fourth-order valence-electron chi connectivity index (χ4n) is 2.42. The van der Waals surface area contributed by atoms with Gasteiger partial charge in [0.2, 0.25) is 0 Å². The molecule has 1 aromatic carbocycles. The van der Waals surface area contributed by atoms with E-state index in [9.17, 15) is 0 Å². The molecule has 1 atom stereocenters. The molecule has 0 aliphatic rings. The summed E-state index contributed by atoms with van der Waals surface area (Å²) in [7, 11) is 1.99. The quantitative estimate of drug-likeness (QED) is 0.832. The summed E-state index contributed by atoms with van der Waals surface area (Å²) in [5, 5.41) is 4.39. The van der Waals surface area contributed by atoms with Crippen molar-refractivity contribution < 1.29 is 0 Å². The molecule has 1 N–H and O–H groups in total. The van der Waals surface area contributed by atoms with Crippen LogP contribution in [0.4, 0.5) is 5.13 Å². The number of hydrogen-bond acceptors (Lipinski definition) is 4. The molecule has 0 aliphatic carbocycles. The third-order valence-electron chi connectivity index (χ3n) is 3.78. The van der Waals surface area contributed by atoms with E-state index in [0.29, 0.717) is 6.04 Å². The molecule has 2 aromatic rings. The van der Waals surface area contributed by atoms with E-state index < -0.39 is 0 Å². The van der Waals surface area contributed by atoms with Crippen molar-refractivity contribution >= 4 is 16.5 Å². The first-order chi connectivity index (χ1) is 10.2. The topological polar surface area (TPSA) is 28.2 Å². The molecular weight excluding hydrogens is 278 g/mol. The van der Waals surface area contributed by atoms with E-state index in [4.69, 9.17) is 4.98 Å². The zero-order valence-electron chi connectivity index (χ0n) is 13.4. The molecule has 21 heavy (non-hydrogen) atoms. The molecule has 0 aliphatic heterocycles. The van der Waals surface area contributed by atoms with Gasteiger partial charge in [-0.25, -0.2) is 4.98 Å². The van der Waals surface area contributed by atoms with Crippen molar-refractivity contribution in [3.63, 3.8) is 0 Å². The maximum atomic E-state index is 4.94. The van der Waals surface area contributed by atoms with Crippen molar-refractivity contribution in [1.29, 1.82) is 0 Å². The smallest absolute Gasteiger partial charge is 0.186 e. The van der Waals surface area contributed by atoms with Gasteiger partial charge in [-0.3, -0.25) is 0 Å². The van der Waals surface area contributed by atoms with Gasteiger partial charge in [0.1, 0.15) is 0 Å². The Labute approximate surface area is 132 Å². The Morgan fingerprint density at radius 1 is 1.24 bits per heavy atom. The molecule has 1 heterocycles. The first-order valence-corrected chi connectivity index (χ1v) is 8.49. The van der Waals surface area contributed by atoms with E-state index in [-0.39, 0.29) is 0 Å². The number of nitrogens with one attached hydrogen (secondary N) is 1. The number of hydrogen-bond donors (Lipinski definition) is 1. The van der Waals surface area contributed by atoms with Gasteiger partial charge < -0.3 is 10.2 Å². The lowest BCUT2D eigenvalue weighted by atomic mass is 10.1. The summed E-state index contributed by atoms with van der Waals surface area (Å²) in [5.41, 5.74) is 2.32. The second kappa shape index (κ2) is 7.57. The van der Waals surface area contributed by atoms with Crippen LogP contribution < -0.4 is 10.2 Å². The highest BCUT2D eigenvalue weighted by molar-refractivity contribution is 7.16. The Bertz CT molecular complexity index is 550. The van der Waals surface area contributed by atoms with Crippen LogP contribution in [0, 0.1) is 0 Å². The summed E-state index contributed by atoms with van der Waals surface area (Å²) in [6.45, 7) is 8.56. The van der Waals surface area contributed by atoms with Gasteiger partial charge in [-0.15, -0.1) is 0 Å². The van der Waals surface area contributed by atoms with Crippen LogP contribution in [0.25, 0.3) is 11.3 Å². The summed E-state index contributed by atoms with van der Waals surface area (Å²) in [4.78, 5) is 8.65. The number of thiazole rings is 1. The van der Waals surface area contributed by atoms with Crippen LogP contribution in [0.1, 0.15) is 32.1 Å². The third kappa shape index (κ3) is 3.63. The summed E-state index contributed by atoms with van der Waals surface area (Å²) in [6.07, 6.45) is 1.13. The first kappa shape index (κ1) is 16.0. The van der Waals surface area contributed by atoms with Crippen LogP contribution in [0.3, 0.4) is 0 Å². The molecular formula is C17H25N3S. The molecule has 0 fully saturated rings. The Kier molecular flexibility index (Phi) is 5.76. The van der Waals surface area contributed by atoms with Gasteiger partial charge in [0, 0.05) is 29.6 Å². The molecule has 3 nitrogen and oxygen atoms in total. The predicted molar refractivity (Wildman–Crippen MR) is 93.1 cm³/mol. The van der Waals surface area contributed by atoms with Crippen molar-refractivity contribution in [2.75, 3.05) is 18.5 Å². The highest BCUT2D eigenvalue weighted by atomic mass is 32.1. The highest BCUT2D eigenvalue weighted by Crippen LogP contribution is 2.34. The van der Waals surface area contributed by atoms with Crippen molar-refractivity contribution in [3.05, 3.63) is 35.2 Å². The van der Waals surface area contributed by atoms with Crippen LogP contribution >= 0.6 is 11.3 Å². The Morgan fingerprint density at radius 3 is 2.52 bits per heavy atom. The van der Waals surface area contributed by atoms with Crippen LogP contribution in [-0.2, 0) is 6.54 Å². The molecule has 0 amide bonds. The minimum absolute atomic E-state index is 0.521. The normalized spacial score (nSPS) is 12.4. The van der Waals surface area contributed by atoms with Gasteiger partial charge in [0.05, 0.1) is 5.69 Å². The van der Waals surface area contributed by atoms with Gasteiger partial charge >= 0.3 is 0 Å². The lowest BCUT2D eigenvalue weighted by molar-refractivity contribution is 0.628. The second-order valence-corrected chi connectivity index (χ2v) is 6.27. The zero-order valence-corrected chi connectivity index (χ0v) is 14.2. The van der Waals surface area contributed by atoms with Gasteiger partial charge in [-0.1, -0.05) is 48.6 Å². The lowest BCUT2D eigenvalue weighted by Gasteiger charge is -2.26. The molecule has 0 radical (unpaired) electrons. The van der Waals surface area contributed by atoms with Crippen LogP contribution in [-0.4, -0.2) is 24.6 Å². The van der Waals surface area contributed by atoms with Crippen LogP contribution in [0.15, 0.2) is 30.3 Å². The summed E-state index contributed by atoms with van der Waals surface area (Å²) in [6, 6.07) is 11.0. The number of aromatic nitrogens is 1. The molecule has 0 saturated carbocycles. The number of anilines is 1. The lowest BCUT2D eigenvalue weighted by Crippen LogP contribution is -2.32. The van der Waals surface area contributed by atoms with E-state index in [1.165, 1.54) is 10.4 Å². The van der Waals surface area contributed by atoms with E-state index in [1.807, 2.05) is 24.5 Å². The summed E-state index contributed by atoms with van der Waals surface area (Å²) < 4.78 is 0. The molecule has 0 saturated heterocycles. The first-order valence-electron chi connectivity index (χ1n) is 7.67. The van der Waals surface area contributed by atoms with Gasteiger partial charge in [0.15, 0.2) is 5.13 Å². The Hall–Kier alpha value is -1.39. The number of rotatable bonds is 7. The van der Waals surface area contributed by atoms with Crippen molar-refractivity contribution in [2.24, 2.45) is 0 Å². The largest absolute Gasteiger partial charge is 0.346 e. The standard InChI is InChI=1S/C17H25N3S/c1-5-13(3)20(6-2)17-19-16(15(21-17)12-18-4)14-10-8-7-9-11-14/h7-11,13,18H,5-6,12H2,1-4H3. The minimum atomic E-state index is 0.521. The fourth-order valence-corrected chi connectivity index (χ4v) is 3.68. The van der Waals surface area contributed by atoms with E-state index in [0.717, 1.165) is 30.3 Å². The highest BCUT2D eigenvalue weighted by Gasteiger charge is 2.19. The Morgan fingerprint density at radius 2 is 1.95 bits per heavy atom. The Balaban J connectivity index is 2.41. The van der Waals surface area contributed by atoms with Gasteiger partial charge in [-0.05, 0) is 27.3 Å². The molecule has 1 aromatic heterocycles. The van der Waals surface area contributed by atoms with Crippen molar-refractivity contribution in [3.8, 4) is 11.3 Å². The van der Waals surface area contributed by atoms with Crippen molar-refractivity contribution in [2.45, 2.75) is 39.8 Å². The van der Waals surface area contributed by atoms with E-state index in [2.05, 4.69) is 55.3 Å². The number of benzene rings is 1. The predicted octanol–water partition coefficient (Wildman–Crippen LogP) is 4.15. The zero-order chi connectivity index (χ0) is 15.2. The van der Waals surface area contributed by atoms with Gasteiger partial charge in [0.25, 0.3) is 0 Å². The third-order valence-corrected chi connectivity index (χ3v) is 4.87. The molecule has 4 heteroatoms. The summed E-state index contributed by atoms with van der Waals surface area (Å²) in [5.74, 6) is 0. The molecule has 0 bridgehead atoms. The minimum Gasteiger partial charge on any atom is -0.346 e. The van der Waals surface area contributed by atoms with E-state index in [1.54, 1.807) is 0 Å². The van der Waals surface area contributed by atoms with Gasteiger partial charge in [-0.2, -0.15) is 0 Å². The maximum Gasteiger partial charge on any atom is 0.186 e. The van der Waals surface area contributed by atoms with Crippen LogP contribution in [0.5, 0.6) is 0 Å². The maximum absolute atomic E-state index is 4.94. The number of nitrogens with zero attached hydrogens (tertiary/aromatic N) is 2. The summed E-state index contributed by atoms with van der Waals surface area (Å²) >= 11 is 1.81. The van der Waals surface area contributed by atoms with Crippen LogP contribution in [0.2, 0.25) is 0 Å².